The van der Waals surface area contributed by atoms with E-state index in [1.807, 2.05) is 4.90 Å². The number of hydrogen-bond acceptors (Lipinski definition) is 4. The Morgan fingerprint density at radius 1 is 1.50 bits per heavy atom. The first-order valence-electron chi connectivity index (χ1n) is 6.24. The second-order valence-corrected chi connectivity index (χ2v) is 4.65. The number of hydrogen-bond donors (Lipinski definition) is 1. The highest BCUT2D eigenvalue weighted by Gasteiger charge is 2.22. The summed E-state index contributed by atoms with van der Waals surface area (Å²) in [6.45, 7) is 2.04. The van der Waals surface area contributed by atoms with Crippen LogP contribution in [0.2, 0.25) is 0 Å². The summed E-state index contributed by atoms with van der Waals surface area (Å²) >= 11 is 0. The molecule has 0 atom stereocenters. The Balaban J connectivity index is 2.05. The maximum Gasteiger partial charge on any atom is 0.171 e. The van der Waals surface area contributed by atoms with Crippen molar-refractivity contribution in [1.29, 1.82) is 0 Å². The van der Waals surface area contributed by atoms with E-state index >= 15 is 0 Å². The van der Waals surface area contributed by atoms with Crippen LogP contribution in [0.5, 0.6) is 0 Å². The number of piperidine rings is 1. The molecule has 1 saturated heterocycles. The van der Waals surface area contributed by atoms with E-state index in [4.69, 9.17) is 9.84 Å². The highest BCUT2D eigenvalue weighted by molar-refractivity contribution is 5.43. The molecular weight excluding hydrogens is 235 g/mol. The van der Waals surface area contributed by atoms with Gasteiger partial charge in [0.05, 0.1) is 6.61 Å². The van der Waals surface area contributed by atoms with Gasteiger partial charge in [-0.15, -0.1) is 0 Å². The molecule has 100 valence electrons. The van der Waals surface area contributed by atoms with Crippen molar-refractivity contribution in [2.75, 3.05) is 31.7 Å². The van der Waals surface area contributed by atoms with Gasteiger partial charge in [0.2, 0.25) is 0 Å². The smallest absolute Gasteiger partial charge is 0.171 e. The van der Waals surface area contributed by atoms with Crippen molar-refractivity contribution in [2.45, 2.75) is 19.4 Å². The monoisotopic (exact) mass is 254 g/mol. The molecule has 2 rings (SSSR count). The fraction of sp³-hybridized carbons (Fsp3) is 0.615. The Bertz CT molecular complexity index is 393. The summed E-state index contributed by atoms with van der Waals surface area (Å²) in [6, 6.07) is 1.51. The molecule has 1 aromatic heterocycles. The highest BCUT2D eigenvalue weighted by atomic mass is 19.1. The second kappa shape index (κ2) is 6.11. The maximum absolute atomic E-state index is 14.0. The van der Waals surface area contributed by atoms with Crippen LogP contribution in [0.1, 0.15) is 18.4 Å². The van der Waals surface area contributed by atoms with Gasteiger partial charge in [0.15, 0.2) is 11.6 Å². The van der Waals surface area contributed by atoms with Gasteiger partial charge in [-0.1, -0.05) is 0 Å². The van der Waals surface area contributed by atoms with E-state index in [1.165, 1.54) is 6.07 Å². The molecule has 18 heavy (non-hydrogen) atoms. The lowest BCUT2D eigenvalue weighted by Gasteiger charge is -2.32. The Labute approximate surface area is 106 Å². The number of pyridine rings is 1. The summed E-state index contributed by atoms with van der Waals surface area (Å²) in [6.07, 6.45) is 3.52. The van der Waals surface area contributed by atoms with Crippen LogP contribution in [0, 0.1) is 11.7 Å². The van der Waals surface area contributed by atoms with Gasteiger partial charge in [0, 0.05) is 38.6 Å². The van der Waals surface area contributed by atoms with E-state index in [0.717, 1.165) is 32.5 Å². The maximum atomic E-state index is 14.0. The van der Waals surface area contributed by atoms with E-state index in [1.54, 1.807) is 13.3 Å². The van der Waals surface area contributed by atoms with Crippen molar-refractivity contribution in [1.82, 2.24) is 4.98 Å². The first kappa shape index (κ1) is 13.2. The SMILES string of the molecule is COCC1CCN(c2nccc(CO)c2F)CC1. The highest BCUT2D eigenvalue weighted by Crippen LogP contribution is 2.25. The molecule has 0 amide bonds. The zero-order valence-electron chi connectivity index (χ0n) is 10.6. The minimum Gasteiger partial charge on any atom is -0.392 e. The van der Waals surface area contributed by atoms with Crippen molar-refractivity contribution in [3.8, 4) is 0 Å². The summed E-state index contributed by atoms with van der Waals surface area (Å²) in [5.74, 6) is 0.512. The number of ether oxygens (including phenoxy) is 1. The van der Waals surface area contributed by atoms with Crippen LogP contribution >= 0.6 is 0 Å². The van der Waals surface area contributed by atoms with E-state index < -0.39 is 5.82 Å². The number of aliphatic hydroxyl groups excluding tert-OH is 1. The third kappa shape index (κ3) is 2.79. The van der Waals surface area contributed by atoms with E-state index in [0.29, 0.717) is 17.3 Å². The van der Waals surface area contributed by atoms with Gasteiger partial charge in [-0.25, -0.2) is 9.37 Å². The second-order valence-electron chi connectivity index (χ2n) is 4.65. The van der Waals surface area contributed by atoms with Crippen LogP contribution in [0.25, 0.3) is 0 Å². The van der Waals surface area contributed by atoms with Crippen LogP contribution in [0.4, 0.5) is 10.2 Å². The van der Waals surface area contributed by atoms with Gasteiger partial charge in [-0.3, -0.25) is 0 Å². The number of anilines is 1. The number of halogens is 1. The average molecular weight is 254 g/mol. The molecule has 1 aromatic rings. The quantitative estimate of drug-likeness (QED) is 0.886. The summed E-state index contributed by atoms with van der Waals surface area (Å²) in [4.78, 5) is 6.04. The van der Waals surface area contributed by atoms with Crippen LogP contribution in [-0.2, 0) is 11.3 Å². The lowest BCUT2D eigenvalue weighted by molar-refractivity contribution is 0.139. The first-order valence-corrected chi connectivity index (χ1v) is 6.24. The molecule has 4 nitrogen and oxygen atoms in total. The summed E-state index contributed by atoms with van der Waals surface area (Å²) in [5, 5.41) is 9.05. The topological polar surface area (TPSA) is 45.6 Å². The number of rotatable bonds is 4. The standard InChI is InChI=1S/C13H19FN2O2/c1-18-9-10-3-6-16(7-4-10)13-12(14)11(8-17)2-5-15-13/h2,5,10,17H,3-4,6-9H2,1H3. The van der Waals surface area contributed by atoms with Crippen molar-refractivity contribution in [3.05, 3.63) is 23.6 Å². The predicted octanol–water partition coefficient (Wildman–Crippen LogP) is 1.58. The minimum absolute atomic E-state index is 0.290. The molecule has 0 bridgehead atoms. The molecule has 0 aliphatic carbocycles. The van der Waals surface area contributed by atoms with E-state index in [-0.39, 0.29) is 6.61 Å². The third-order valence-corrected chi connectivity index (χ3v) is 3.44. The molecule has 1 aliphatic heterocycles. The van der Waals surface area contributed by atoms with Crippen LogP contribution < -0.4 is 4.90 Å². The lowest BCUT2D eigenvalue weighted by Crippen LogP contribution is -2.36. The van der Waals surface area contributed by atoms with Crippen molar-refractivity contribution < 1.29 is 14.2 Å². The predicted molar refractivity (Wildman–Crippen MR) is 66.9 cm³/mol. The zero-order chi connectivity index (χ0) is 13.0. The van der Waals surface area contributed by atoms with Gasteiger partial charge in [-0.05, 0) is 24.8 Å². The number of nitrogens with zero attached hydrogens (tertiary/aromatic N) is 2. The molecule has 0 spiro atoms. The third-order valence-electron chi connectivity index (χ3n) is 3.44. The fourth-order valence-corrected chi connectivity index (χ4v) is 2.36. The van der Waals surface area contributed by atoms with Gasteiger partial charge in [0.1, 0.15) is 0 Å². The molecule has 0 radical (unpaired) electrons. The fourth-order valence-electron chi connectivity index (χ4n) is 2.36. The van der Waals surface area contributed by atoms with Gasteiger partial charge < -0.3 is 14.7 Å². The molecule has 1 fully saturated rings. The zero-order valence-corrected chi connectivity index (χ0v) is 10.6. The minimum atomic E-state index is -0.398. The number of methoxy groups -OCH3 is 1. The van der Waals surface area contributed by atoms with Crippen LogP contribution in [0.3, 0.4) is 0 Å². The Morgan fingerprint density at radius 2 is 2.22 bits per heavy atom. The van der Waals surface area contributed by atoms with Crippen LogP contribution in [-0.4, -0.2) is 36.9 Å². The summed E-state index contributed by atoms with van der Waals surface area (Å²) in [7, 11) is 1.71. The molecule has 5 heteroatoms. The van der Waals surface area contributed by atoms with Gasteiger partial charge in [0.25, 0.3) is 0 Å². The van der Waals surface area contributed by atoms with E-state index in [9.17, 15) is 4.39 Å². The average Bonchev–Trinajstić information content (AvgIpc) is 2.41. The first-order chi connectivity index (χ1) is 8.76. The van der Waals surface area contributed by atoms with Gasteiger partial charge in [-0.2, -0.15) is 0 Å². The molecule has 0 unspecified atom stereocenters. The largest absolute Gasteiger partial charge is 0.392 e. The molecule has 1 N–H and O–H groups in total. The molecule has 0 aromatic carbocycles. The normalized spacial score (nSPS) is 17.2. The van der Waals surface area contributed by atoms with Crippen LogP contribution in [0.15, 0.2) is 12.3 Å². The molecular formula is C13H19FN2O2. The number of aromatic nitrogens is 1. The Morgan fingerprint density at radius 3 is 2.83 bits per heavy atom. The molecule has 1 aliphatic rings. The molecule has 2 heterocycles. The molecule has 0 saturated carbocycles. The van der Waals surface area contributed by atoms with E-state index in [2.05, 4.69) is 4.98 Å². The van der Waals surface area contributed by atoms with Crippen molar-refractivity contribution in [3.63, 3.8) is 0 Å². The number of aliphatic hydroxyl groups is 1. The van der Waals surface area contributed by atoms with Crippen molar-refractivity contribution >= 4 is 5.82 Å². The summed E-state index contributed by atoms with van der Waals surface area (Å²) < 4.78 is 19.2. The lowest BCUT2D eigenvalue weighted by atomic mass is 9.98. The Kier molecular flexibility index (Phi) is 4.49. The van der Waals surface area contributed by atoms with Crippen molar-refractivity contribution in [2.24, 2.45) is 5.92 Å². The van der Waals surface area contributed by atoms with Gasteiger partial charge >= 0.3 is 0 Å². The Hall–Kier alpha value is -1.20. The summed E-state index contributed by atoms with van der Waals surface area (Å²) in [5.41, 5.74) is 0.305.